The molecule has 0 unspecified atom stereocenters. The molecule has 0 N–H and O–H groups in total. The molecular weight excluding hydrogens is 623 g/mol. The van der Waals surface area contributed by atoms with Gasteiger partial charge in [0.1, 0.15) is 0 Å². The fraction of sp³-hybridized carbons (Fsp3) is 0.118. The van der Waals surface area contributed by atoms with Gasteiger partial charge in [-0.05, 0) is 69.8 Å². The average Bonchev–Trinajstić information content (AvgIpc) is 3.55. The molecule has 0 aliphatic carbocycles. The summed E-state index contributed by atoms with van der Waals surface area (Å²) < 4.78 is 1.85. The quantitative estimate of drug-likeness (QED) is 0.102. The number of hydrogen-bond acceptors (Lipinski definition) is 6. The van der Waals surface area contributed by atoms with Gasteiger partial charge in [-0.2, -0.15) is 0 Å². The molecule has 0 aliphatic heterocycles. The summed E-state index contributed by atoms with van der Waals surface area (Å²) in [5, 5.41) is 4.89. The smallest absolute Gasteiger partial charge is 0.427 e. The van der Waals surface area contributed by atoms with E-state index >= 15 is 0 Å². The van der Waals surface area contributed by atoms with Gasteiger partial charge in [0.15, 0.2) is 0 Å². The summed E-state index contributed by atoms with van der Waals surface area (Å²) in [5.74, 6) is 0. The van der Waals surface area contributed by atoms with Crippen LogP contribution in [0.4, 0.5) is 11.4 Å². The molecule has 0 aliphatic rings. The zero-order valence-electron chi connectivity index (χ0n) is 22.7. The number of thiophene rings is 2. The van der Waals surface area contributed by atoms with E-state index in [1.807, 2.05) is 48.8 Å². The number of nitrogens with zero attached hydrogens (tertiary/aromatic N) is 2. The predicted octanol–water partition coefficient (Wildman–Crippen LogP) is 10.2. The molecule has 0 bridgehead atoms. The molecule has 41 heavy (non-hydrogen) atoms. The van der Waals surface area contributed by atoms with Gasteiger partial charge in [-0.3, -0.25) is 9.98 Å². The van der Waals surface area contributed by atoms with E-state index in [9.17, 15) is 0 Å². The van der Waals surface area contributed by atoms with E-state index in [4.69, 9.17) is 25.3 Å². The van der Waals surface area contributed by atoms with Crippen LogP contribution in [0.25, 0.3) is 21.5 Å². The van der Waals surface area contributed by atoms with Crippen molar-refractivity contribution in [3.05, 3.63) is 118 Å². The van der Waals surface area contributed by atoms with E-state index in [2.05, 4.69) is 84.5 Å². The standard InChI is InChI=1S/2C17H15NS2.Ni/c2*1-2-16-10-14(17(19)20-16)11-18-15-8-7-12-5-3-4-6-13(12)9-15;/h2*3-11,19H,2H2,1H3;/q;;+2/p-2. The van der Waals surface area contributed by atoms with Gasteiger partial charge in [0.2, 0.25) is 0 Å². The van der Waals surface area contributed by atoms with Gasteiger partial charge in [0, 0.05) is 12.4 Å². The van der Waals surface area contributed by atoms with Crippen molar-refractivity contribution in [3.63, 3.8) is 0 Å². The van der Waals surface area contributed by atoms with Gasteiger partial charge < -0.3 is 47.9 Å². The number of hydrogen-bond donors (Lipinski definition) is 0. The molecule has 2 aromatic heterocycles. The Morgan fingerprint density at radius 2 is 0.951 bits per heavy atom. The Hall–Kier alpha value is -2.93. The van der Waals surface area contributed by atoms with Gasteiger partial charge in [-0.1, -0.05) is 96.4 Å². The van der Waals surface area contributed by atoms with Crippen molar-refractivity contribution in [1.29, 1.82) is 0 Å². The van der Waals surface area contributed by atoms with Gasteiger partial charge in [-0.15, -0.1) is 8.42 Å². The van der Waals surface area contributed by atoms with E-state index in [1.165, 1.54) is 31.3 Å². The van der Waals surface area contributed by atoms with Crippen molar-refractivity contribution in [2.45, 2.75) is 35.1 Å². The maximum absolute atomic E-state index is 5.36. The first-order valence-electron chi connectivity index (χ1n) is 13.2. The SMILES string of the molecule is CCc1cc(C=Nc2ccc3ccccc3c2)c([S-])s1.CCc1cc(C=Nc2ccc3ccccc3c2)c([S-])s1.[Ni+2]. The van der Waals surface area contributed by atoms with E-state index in [0.717, 1.165) is 43.8 Å². The predicted molar refractivity (Wildman–Crippen MR) is 181 cm³/mol. The minimum absolute atomic E-state index is 0. The zero-order chi connectivity index (χ0) is 27.9. The van der Waals surface area contributed by atoms with Crippen LogP contribution in [0.2, 0.25) is 0 Å². The fourth-order valence-electron chi connectivity index (χ4n) is 4.21. The Balaban J connectivity index is 0.000000184. The second kappa shape index (κ2) is 14.8. The number of rotatable bonds is 6. The number of fused-ring (bicyclic) bond motifs is 2. The number of benzene rings is 4. The summed E-state index contributed by atoms with van der Waals surface area (Å²) in [6, 6.07) is 33.4. The molecule has 0 saturated carbocycles. The first-order valence-corrected chi connectivity index (χ1v) is 15.6. The monoisotopic (exact) mass is 650 g/mol. The van der Waals surface area contributed by atoms with Gasteiger partial charge in [0.25, 0.3) is 0 Å². The molecule has 0 atom stereocenters. The van der Waals surface area contributed by atoms with Crippen LogP contribution in [-0.4, -0.2) is 12.4 Å². The van der Waals surface area contributed by atoms with E-state index in [-0.39, 0.29) is 16.5 Å². The summed E-state index contributed by atoms with van der Waals surface area (Å²) in [6.45, 7) is 4.29. The summed E-state index contributed by atoms with van der Waals surface area (Å²) in [6.07, 6.45) is 5.81. The van der Waals surface area contributed by atoms with Crippen LogP contribution in [0.3, 0.4) is 0 Å². The molecule has 6 aromatic rings. The third kappa shape index (κ3) is 8.09. The maximum atomic E-state index is 5.36. The van der Waals surface area contributed by atoms with Crippen LogP contribution in [-0.2, 0) is 54.6 Å². The molecule has 0 saturated heterocycles. The summed E-state index contributed by atoms with van der Waals surface area (Å²) in [5.41, 5.74) is 4.02. The summed E-state index contributed by atoms with van der Waals surface area (Å²) in [4.78, 5) is 11.7. The molecule has 0 spiro atoms. The fourth-order valence-corrected chi connectivity index (χ4v) is 6.67. The van der Waals surface area contributed by atoms with Crippen LogP contribution in [0.1, 0.15) is 34.7 Å². The molecule has 208 valence electrons. The van der Waals surface area contributed by atoms with Crippen molar-refractivity contribution in [1.82, 2.24) is 0 Å². The Bertz CT molecular complexity index is 1680. The van der Waals surface area contributed by atoms with Crippen molar-refractivity contribution < 1.29 is 16.5 Å². The molecule has 6 rings (SSSR count). The first kappa shape index (κ1) is 31.0. The van der Waals surface area contributed by atoms with E-state index < -0.39 is 0 Å². The van der Waals surface area contributed by atoms with Crippen LogP contribution in [0.15, 0.2) is 115 Å². The Morgan fingerprint density at radius 1 is 0.561 bits per heavy atom. The molecule has 0 fully saturated rings. The van der Waals surface area contributed by atoms with Crippen molar-refractivity contribution in [3.8, 4) is 0 Å². The van der Waals surface area contributed by atoms with Crippen molar-refractivity contribution >= 4 is 93.3 Å². The summed E-state index contributed by atoms with van der Waals surface area (Å²) >= 11 is 14.1. The third-order valence-corrected chi connectivity index (χ3v) is 9.57. The Kier molecular flexibility index (Phi) is 11.2. The molecule has 0 radical (unpaired) electrons. The minimum Gasteiger partial charge on any atom is -0.427 e. The Morgan fingerprint density at radius 3 is 1.32 bits per heavy atom. The van der Waals surface area contributed by atoms with E-state index in [1.54, 1.807) is 22.7 Å². The van der Waals surface area contributed by atoms with Gasteiger partial charge in [0.05, 0.1) is 11.4 Å². The topological polar surface area (TPSA) is 24.7 Å². The summed E-state index contributed by atoms with van der Waals surface area (Å²) in [7, 11) is 0. The molecular formula is C34H28N2NiS4. The van der Waals surface area contributed by atoms with Crippen LogP contribution >= 0.6 is 22.7 Å². The number of aliphatic imine (C=N–C) groups is 2. The van der Waals surface area contributed by atoms with Crippen molar-refractivity contribution in [2.24, 2.45) is 9.98 Å². The average molecular weight is 652 g/mol. The largest absolute Gasteiger partial charge is 2.00 e. The molecule has 0 amide bonds. The van der Waals surface area contributed by atoms with Gasteiger partial charge >= 0.3 is 16.5 Å². The maximum Gasteiger partial charge on any atom is 2.00 e. The number of aryl methyl sites for hydroxylation is 2. The minimum atomic E-state index is 0. The zero-order valence-corrected chi connectivity index (χ0v) is 26.9. The van der Waals surface area contributed by atoms with Crippen LogP contribution < -0.4 is 0 Å². The molecule has 7 heteroatoms. The van der Waals surface area contributed by atoms with Crippen LogP contribution in [0, 0.1) is 0 Å². The molecule has 2 nitrogen and oxygen atoms in total. The first-order chi connectivity index (χ1) is 19.5. The molecule has 2 heterocycles. The van der Waals surface area contributed by atoms with Crippen molar-refractivity contribution in [2.75, 3.05) is 0 Å². The Labute approximate surface area is 271 Å². The van der Waals surface area contributed by atoms with Gasteiger partial charge in [-0.25, -0.2) is 0 Å². The van der Waals surface area contributed by atoms with Crippen LogP contribution in [0.5, 0.6) is 0 Å². The third-order valence-electron chi connectivity index (χ3n) is 6.42. The normalized spacial score (nSPS) is 11.2. The second-order valence-corrected chi connectivity index (χ2v) is 12.8. The molecule has 4 aromatic carbocycles. The van der Waals surface area contributed by atoms with E-state index in [0.29, 0.717) is 0 Å². The second-order valence-electron chi connectivity index (χ2n) is 9.20.